The molecule has 3 nitrogen and oxygen atoms in total. The molecule has 0 spiro atoms. The molecule has 2 heterocycles. The van der Waals surface area contributed by atoms with Crippen molar-refractivity contribution in [1.29, 1.82) is 0 Å². The van der Waals surface area contributed by atoms with Gasteiger partial charge in [0.2, 0.25) is 5.71 Å². The second-order valence-corrected chi connectivity index (χ2v) is 4.62. The first-order valence-corrected chi connectivity index (χ1v) is 5.62. The molecule has 0 bridgehead atoms. The Morgan fingerprint density at radius 2 is 2.12 bits per heavy atom. The summed E-state index contributed by atoms with van der Waals surface area (Å²) < 4.78 is 8.46. The number of carbonyl (C=O) groups excluding carboxylic acids is 1. The van der Waals surface area contributed by atoms with Gasteiger partial charge in [0.15, 0.2) is 6.29 Å². The van der Waals surface area contributed by atoms with Crippen LogP contribution in [0.15, 0.2) is 33.2 Å². The second-order valence-electron chi connectivity index (χ2n) is 3.71. The van der Waals surface area contributed by atoms with Gasteiger partial charge in [-0.05, 0) is 24.3 Å². The van der Waals surface area contributed by atoms with Crippen molar-refractivity contribution >= 4 is 44.3 Å². The number of hydrogen-bond donors (Lipinski definition) is 0. The van der Waals surface area contributed by atoms with E-state index in [1.165, 1.54) is 0 Å². The van der Waals surface area contributed by atoms with Gasteiger partial charge in [-0.2, -0.15) is 0 Å². The number of benzene rings is 1. The molecular weight excluding hydrogens is 270 g/mol. The summed E-state index contributed by atoms with van der Waals surface area (Å²) in [6.45, 7) is 0. The smallest absolute Gasteiger partial charge is 0.208 e. The van der Waals surface area contributed by atoms with Crippen molar-refractivity contribution in [1.82, 2.24) is 4.57 Å². The summed E-state index contributed by atoms with van der Waals surface area (Å²) in [5.41, 5.74) is 2.19. The molecule has 0 unspecified atom stereocenters. The van der Waals surface area contributed by atoms with Gasteiger partial charge in [-0.3, -0.25) is 4.79 Å². The maximum atomic E-state index is 10.8. The van der Waals surface area contributed by atoms with Crippen LogP contribution in [0.2, 0.25) is 0 Å². The first-order chi connectivity index (χ1) is 7.70. The number of aromatic nitrogens is 1. The van der Waals surface area contributed by atoms with Gasteiger partial charge >= 0.3 is 0 Å². The molecule has 0 amide bonds. The Kier molecular flexibility index (Phi) is 1.94. The van der Waals surface area contributed by atoms with Crippen LogP contribution in [0, 0.1) is 0 Å². The summed E-state index contributed by atoms with van der Waals surface area (Å²) in [4.78, 5) is 10.8. The molecule has 0 aliphatic carbocycles. The van der Waals surface area contributed by atoms with Crippen molar-refractivity contribution in [2.75, 3.05) is 0 Å². The monoisotopic (exact) mass is 277 g/mol. The highest BCUT2D eigenvalue weighted by Crippen LogP contribution is 2.32. The molecular formula is C12H8BrNO2. The summed E-state index contributed by atoms with van der Waals surface area (Å²) in [7, 11) is 1.82. The van der Waals surface area contributed by atoms with Gasteiger partial charge < -0.3 is 8.98 Å². The Morgan fingerprint density at radius 1 is 1.31 bits per heavy atom. The van der Waals surface area contributed by atoms with Crippen LogP contribution in [-0.2, 0) is 7.05 Å². The Morgan fingerprint density at radius 3 is 2.88 bits per heavy atom. The lowest BCUT2D eigenvalue weighted by atomic mass is 10.2. The number of nitrogens with zero attached hydrogens (tertiary/aromatic N) is 1. The zero-order valence-electron chi connectivity index (χ0n) is 8.53. The lowest BCUT2D eigenvalue weighted by molar-refractivity contribution is 0.111. The molecule has 80 valence electrons. The Hall–Kier alpha value is -1.55. The third-order valence-corrected chi connectivity index (χ3v) is 3.27. The lowest BCUT2D eigenvalue weighted by Gasteiger charge is -1.93. The number of fused-ring (bicyclic) bond motifs is 3. The first-order valence-electron chi connectivity index (χ1n) is 4.83. The molecule has 0 aliphatic rings. The summed E-state index contributed by atoms with van der Waals surface area (Å²) in [6, 6.07) is 7.70. The van der Waals surface area contributed by atoms with E-state index < -0.39 is 0 Å². The van der Waals surface area contributed by atoms with E-state index in [-0.39, 0.29) is 0 Å². The molecule has 16 heavy (non-hydrogen) atoms. The molecule has 3 rings (SSSR count). The van der Waals surface area contributed by atoms with Crippen molar-refractivity contribution in [3.8, 4) is 0 Å². The minimum atomic E-state index is 0.621. The highest BCUT2D eigenvalue weighted by Gasteiger charge is 2.13. The minimum absolute atomic E-state index is 0.621. The SMILES string of the molecule is Cn1c(C=O)cc2c3cc(Br)ccc3oc21. The number of aryl methyl sites for hydroxylation is 1. The van der Waals surface area contributed by atoms with E-state index in [1.807, 2.05) is 31.3 Å². The van der Waals surface area contributed by atoms with Crippen LogP contribution in [0.1, 0.15) is 10.5 Å². The topological polar surface area (TPSA) is 35.1 Å². The van der Waals surface area contributed by atoms with E-state index in [2.05, 4.69) is 15.9 Å². The summed E-state index contributed by atoms with van der Waals surface area (Å²) >= 11 is 3.43. The molecule has 4 heteroatoms. The second kappa shape index (κ2) is 3.22. The van der Waals surface area contributed by atoms with E-state index in [0.717, 1.165) is 32.8 Å². The highest BCUT2D eigenvalue weighted by atomic mass is 79.9. The van der Waals surface area contributed by atoms with Crippen LogP contribution in [0.25, 0.3) is 22.1 Å². The van der Waals surface area contributed by atoms with Gasteiger partial charge in [0, 0.05) is 22.3 Å². The predicted octanol–water partition coefficient (Wildman–Crippen LogP) is 3.50. The van der Waals surface area contributed by atoms with Crippen LogP contribution in [0.4, 0.5) is 0 Å². The zero-order chi connectivity index (χ0) is 11.3. The molecule has 2 aromatic heterocycles. The van der Waals surface area contributed by atoms with E-state index in [9.17, 15) is 4.79 Å². The minimum Gasteiger partial charge on any atom is -0.440 e. The fraction of sp³-hybridized carbons (Fsp3) is 0.0833. The Labute approximate surface area is 99.8 Å². The highest BCUT2D eigenvalue weighted by molar-refractivity contribution is 9.10. The van der Waals surface area contributed by atoms with E-state index in [0.29, 0.717) is 5.69 Å². The quantitative estimate of drug-likeness (QED) is 0.638. The number of carbonyl (C=O) groups is 1. The molecule has 0 N–H and O–H groups in total. The van der Waals surface area contributed by atoms with Crippen LogP contribution < -0.4 is 0 Å². The van der Waals surface area contributed by atoms with Gasteiger partial charge in [0.1, 0.15) is 5.58 Å². The molecule has 0 saturated carbocycles. The molecule has 0 radical (unpaired) electrons. The summed E-state index contributed by atoms with van der Waals surface area (Å²) in [6.07, 6.45) is 0.833. The molecule has 0 fully saturated rings. The molecule has 3 aromatic rings. The predicted molar refractivity (Wildman–Crippen MR) is 65.8 cm³/mol. The van der Waals surface area contributed by atoms with Gasteiger partial charge in [0.25, 0.3) is 0 Å². The van der Waals surface area contributed by atoms with Crippen LogP contribution in [-0.4, -0.2) is 10.9 Å². The molecule has 0 atom stereocenters. The maximum absolute atomic E-state index is 10.8. The van der Waals surface area contributed by atoms with Crippen molar-refractivity contribution in [3.63, 3.8) is 0 Å². The Bertz CT molecular complexity index is 709. The number of halogens is 1. The van der Waals surface area contributed by atoms with E-state index in [4.69, 9.17) is 4.42 Å². The van der Waals surface area contributed by atoms with Gasteiger partial charge in [-0.15, -0.1) is 0 Å². The third kappa shape index (κ3) is 1.16. The number of aldehydes is 1. The van der Waals surface area contributed by atoms with Gasteiger partial charge in [0.05, 0.1) is 5.69 Å². The maximum Gasteiger partial charge on any atom is 0.208 e. The average molecular weight is 278 g/mol. The fourth-order valence-electron chi connectivity index (χ4n) is 1.94. The van der Waals surface area contributed by atoms with Crippen molar-refractivity contribution in [2.45, 2.75) is 0 Å². The van der Waals surface area contributed by atoms with Crippen LogP contribution in [0.5, 0.6) is 0 Å². The average Bonchev–Trinajstić information content (AvgIpc) is 2.77. The molecule has 1 aromatic carbocycles. The van der Waals surface area contributed by atoms with Crippen LogP contribution in [0.3, 0.4) is 0 Å². The first kappa shape index (κ1) is 9.66. The van der Waals surface area contributed by atoms with E-state index >= 15 is 0 Å². The van der Waals surface area contributed by atoms with Gasteiger partial charge in [-0.25, -0.2) is 0 Å². The Balaban J connectivity index is 2.51. The summed E-state index contributed by atoms with van der Waals surface area (Å²) in [5, 5.41) is 1.99. The lowest BCUT2D eigenvalue weighted by Crippen LogP contribution is -1.92. The third-order valence-electron chi connectivity index (χ3n) is 2.77. The largest absolute Gasteiger partial charge is 0.440 e. The van der Waals surface area contributed by atoms with Crippen molar-refractivity contribution in [2.24, 2.45) is 7.05 Å². The van der Waals surface area contributed by atoms with Crippen molar-refractivity contribution < 1.29 is 9.21 Å². The number of furan rings is 1. The number of rotatable bonds is 1. The number of hydrogen-bond acceptors (Lipinski definition) is 2. The van der Waals surface area contributed by atoms with Crippen LogP contribution >= 0.6 is 15.9 Å². The van der Waals surface area contributed by atoms with Gasteiger partial charge in [-0.1, -0.05) is 15.9 Å². The fourth-order valence-corrected chi connectivity index (χ4v) is 2.30. The van der Waals surface area contributed by atoms with Crippen molar-refractivity contribution in [3.05, 3.63) is 34.4 Å². The van der Waals surface area contributed by atoms with E-state index in [1.54, 1.807) is 4.57 Å². The normalized spacial score (nSPS) is 11.4. The molecule has 0 aliphatic heterocycles. The zero-order valence-corrected chi connectivity index (χ0v) is 10.1. The standard InChI is InChI=1S/C12H8BrNO2/c1-14-8(6-15)5-10-9-4-7(13)2-3-11(9)16-12(10)14/h2-6H,1H3. The summed E-state index contributed by atoms with van der Waals surface area (Å²) in [5.74, 6) is 0. The molecule has 0 saturated heterocycles.